The molecule has 16 heavy (non-hydrogen) atoms. The average molecular weight is 228 g/mol. The summed E-state index contributed by atoms with van der Waals surface area (Å²) >= 11 is 0. The van der Waals surface area contributed by atoms with Crippen molar-refractivity contribution >= 4 is 0 Å². The van der Waals surface area contributed by atoms with Crippen LogP contribution < -0.4 is 0 Å². The zero-order chi connectivity index (χ0) is 12.3. The van der Waals surface area contributed by atoms with Crippen LogP contribution in [0, 0.1) is 11.3 Å². The minimum atomic E-state index is -4.33. The van der Waals surface area contributed by atoms with E-state index in [4.69, 9.17) is 5.26 Å². The van der Waals surface area contributed by atoms with Gasteiger partial charge in [0.25, 0.3) is 0 Å². The Balaban J connectivity index is 3.00. The molecular weight excluding hydrogens is 217 g/mol. The van der Waals surface area contributed by atoms with Crippen LogP contribution in [0.1, 0.15) is 17.2 Å². The van der Waals surface area contributed by atoms with E-state index in [2.05, 4.69) is 0 Å². The fourth-order valence-electron chi connectivity index (χ4n) is 1.34. The van der Waals surface area contributed by atoms with E-state index in [0.29, 0.717) is 5.56 Å². The third-order valence-corrected chi connectivity index (χ3v) is 2.19. The Bertz CT molecular complexity index is 387. The third-order valence-electron chi connectivity index (χ3n) is 2.19. The van der Waals surface area contributed by atoms with E-state index in [-0.39, 0.29) is 0 Å². The van der Waals surface area contributed by atoms with Gasteiger partial charge in [0.05, 0.1) is 11.6 Å². The molecule has 0 N–H and O–H groups in total. The Morgan fingerprint density at radius 1 is 1.19 bits per heavy atom. The summed E-state index contributed by atoms with van der Waals surface area (Å²) < 4.78 is 36.9. The van der Waals surface area contributed by atoms with E-state index in [1.54, 1.807) is 19.0 Å². The molecule has 1 unspecified atom stereocenters. The molecule has 0 saturated heterocycles. The smallest absolute Gasteiger partial charge is 0.291 e. The highest BCUT2D eigenvalue weighted by Crippen LogP contribution is 2.30. The van der Waals surface area contributed by atoms with Crippen molar-refractivity contribution in [1.82, 2.24) is 4.90 Å². The summed E-state index contributed by atoms with van der Waals surface area (Å²) in [6.45, 7) is 0. The second kappa shape index (κ2) is 4.54. The molecule has 0 aliphatic carbocycles. The highest BCUT2D eigenvalue weighted by molar-refractivity contribution is 5.29. The topological polar surface area (TPSA) is 27.0 Å². The molecule has 0 fully saturated rings. The fourth-order valence-corrected chi connectivity index (χ4v) is 1.34. The second-order valence-corrected chi connectivity index (χ2v) is 3.62. The van der Waals surface area contributed by atoms with Crippen molar-refractivity contribution in [3.05, 3.63) is 35.4 Å². The van der Waals surface area contributed by atoms with Crippen LogP contribution in [-0.2, 0) is 6.18 Å². The number of benzene rings is 1. The van der Waals surface area contributed by atoms with Crippen molar-refractivity contribution in [3.8, 4) is 6.07 Å². The molecule has 2 nitrogen and oxygen atoms in total. The monoisotopic (exact) mass is 228 g/mol. The van der Waals surface area contributed by atoms with Crippen molar-refractivity contribution in [2.75, 3.05) is 14.1 Å². The first kappa shape index (κ1) is 12.5. The Labute approximate surface area is 91.9 Å². The Morgan fingerprint density at radius 3 is 2.00 bits per heavy atom. The predicted octanol–water partition coefficient (Wildman–Crippen LogP) is 2.83. The molecule has 1 aromatic rings. The first-order valence-electron chi connectivity index (χ1n) is 4.59. The molecule has 1 rings (SSSR count). The van der Waals surface area contributed by atoms with Crippen molar-refractivity contribution in [2.24, 2.45) is 0 Å². The van der Waals surface area contributed by atoms with Crippen LogP contribution in [0.15, 0.2) is 24.3 Å². The molecule has 5 heteroatoms. The van der Waals surface area contributed by atoms with Crippen molar-refractivity contribution < 1.29 is 13.2 Å². The molecule has 0 aliphatic rings. The maximum absolute atomic E-state index is 12.3. The molecule has 0 aromatic heterocycles. The zero-order valence-corrected chi connectivity index (χ0v) is 8.92. The minimum Gasteiger partial charge on any atom is -0.291 e. The largest absolute Gasteiger partial charge is 0.416 e. The van der Waals surface area contributed by atoms with Gasteiger partial charge in [-0.25, -0.2) is 0 Å². The molecule has 86 valence electrons. The number of hydrogen-bond donors (Lipinski definition) is 0. The number of halogens is 3. The molecule has 0 aliphatic heterocycles. The van der Waals surface area contributed by atoms with Crippen molar-refractivity contribution in [2.45, 2.75) is 12.2 Å². The molecule has 0 saturated carbocycles. The lowest BCUT2D eigenvalue weighted by molar-refractivity contribution is -0.137. The summed E-state index contributed by atoms with van der Waals surface area (Å²) in [6, 6.07) is 6.13. The number of nitriles is 1. The summed E-state index contributed by atoms with van der Waals surface area (Å²) in [6.07, 6.45) is -4.33. The van der Waals surface area contributed by atoms with Crippen LogP contribution >= 0.6 is 0 Å². The van der Waals surface area contributed by atoms with Gasteiger partial charge in [-0.2, -0.15) is 18.4 Å². The van der Waals surface area contributed by atoms with Gasteiger partial charge >= 0.3 is 6.18 Å². The minimum absolute atomic E-state index is 0.526. The second-order valence-electron chi connectivity index (χ2n) is 3.62. The first-order chi connectivity index (χ1) is 7.36. The Kier molecular flexibility index (Phi) is 3.55. The Hall–Kier alpha value is -1.54. The van der Waals surface area contributed by atoms with Gasteiger partial charge in [-0.1, -0.05) is 12.1 Å². The quantitative estimate of drug-likeness (QED) is 0.778. The van der Waals surface area contributed by atoms with Gasteiger partial charge in [-0.15, -0.1) is 0 Å². The molecule has 1 atom stereocenters. The summed E-state index contributed by atoms with van der Waals surface area (Å²) in [7, 11) is 3.40. The predicted molar refractivity (Wildman–Crippen MR) is 53.5 cm³/mol. The molecular formula is C11H11F3N2. The summed E-state index contributed by atoms with van der Waals surface area (Å²) in [5.41, 5.74) is -0.146. The lowest BCUT2D eigenvalue weighted by Crippen LogP contribution is -2.18. The summed E-state index contributed by atoms with van der Waals surface area (Å²) in [5, 5.41) is 8.87. The molecule has 0 amide bonds. The first-order valence-corrected chi connectivity index (χ1v) is 4.59. The molecule has 0 heterocycles. The molecule has 0 bridgehead atoms. The maximum Gasteiger partial charge on any atom is 0.416 e. The zero-order valence-electron chi connectivity index (χ0n) is 8.92. The van der Waals surface area contributed by atoms with E-state index >= 15 is 0 Å². The van der Waals surface area contributed by atoms with Gasteiger partial charge in [0.1, 0.15) is 6.04 Å². The van der Waals surface area contributed by atoms with Gasteiger partial charge < -0.3 is 0 Å². The van der Waals surface area contributed by atoms with Crippen LogP contribution in [0.2, 0.25) is 0 Å². The van der Waals surface area contributed by atoms with Crippen LogP contribution in [0.5, 0.6) is 0 Å². The number of rotatable bonds is 2. The summed E-state index contributed by atoms with van der Waals surface area (Å²) in [5.74, 6) is 0. The van der Waals surface area contributed by atoms with Gasteiger partial charge in [0, 0.05) is 0 Å². The van der Waals surface area contributed by atoms with Crippen LogP contribution in [0.3, 0.4) is 0 Å². The normalized spacial score (nSPS) is 13.6. The molecule has 1 aromatic carbocycles. The van der Waals surface area contributed by atoms with E-state index < -0.39 is 17.8 Å². The van der Waals surface area contributed by atoms with Gasteiger partial charge in [-0.05, 0) is 31.8 Å². The van der Waals surface area contributed by atoms with Crippen molar-refractivity contribution in [1.29, 1.82) is 5.26 Å². The number of alkyl halides is 3. The van der Waals surface area contributed by atoms with Gasteiger partial charge in [-0.3, -0.25) is 4.90 Å². The lowest BCUT2D eigenvalue weighted by Gasteiger charge is -2.17. The SMILES string of the molecule is CN(C)C(C#N)c1ccc(C(F)(F)F)cc1. The average Bonchev–Trinajstić information content (AvgIpc) is 2.17. The van der Waals surface area contributed by atoms with Crippen LogP contribution in [-0.4, -0.2) is 19.0 Å². The van der Waals surface area contributed by atoms with Gasteiger partial charge in [0.15, 0.2) is 0 Å². The number of nitrogens with zero attached hydrogens (tertiary/aromatic N) is 2. The highest BCUT2D eigenvalue weighted by Gasteiger charge is 2.30. The summed E-state index contributed by atoms with van der Waals surface area (Å²) in [4.78, 5) is 1.64. The van der Waals surface area contributed by atoms with Crippen molar-refractivity contribution in [3.63, 3.8) is 0 Å². The highest BCUT2D eigenvalue weighted by atomic mass is 19.4. The van der Waals surface area contributed by atoms with E-state index in [9.17, 15) is 13.2 Å². The molecule has 0 radical (unpaired) electrons. The van der Waals surface area contributed by atoms with E-state index in [0.717, 1.165) is 12.1 Å². The van der Waals surface area contributed by atoms with Gasteiger partial charge in [0.2, 0.25) is 0 Å². The molecule has 0 spiro atoms. The fraction of sp³-hybridized carbons (Fsp3) is 0.364. The van der Waals surface area contributed by atoms with E-state index in [1.807, 2.05) is 6.07 Å². The van der Waals surface area contributed by atoms with Crippen LogP contribution in [0.25, 0.3) is 0 Å². The standard InChI is InChI=1S/C11H11F3N2/c1-16(2)10(7-15)8-3-5-9(6-4-8)11(12,13)14/h3-6,10H,1-2H3. The third kappa shape index (κ3) is 2.74. The number of hydrogen-bond acceptors (Lipinski definition) is 2. The van der Waals surface area contributed by atoms with Crippen LogP contribution in [0.4, 0.5) is 13.2 Å². The Morgan fingerprint density at radius 2 is 1.69 bits per heavy atom. The lowest BCUT2D eigenvalue weighted by atomic mass is 10.1. The maximum atomic E-state index is 12.3. The van der Waals surface area contributed by atoms with E-state index in [1.165, 1.54) is 12.1 Å².